The van der Waals surface area contributed by atoms with Crippen LogP contribution >= 0.6 is 0 Å². The number of rotatable bonds is 4. The molecule has 0 heterocycles. The Morgan fingerprint density at radius 3 is 2.90 bits per heavy atom. The number of hydrogen-bond acceptors (Lipinski definition) is 2. The molecule has 0 atom stereocenters. The van der Waals surface area contributed by atoms with Gasteiger partial charge in [0.1, 0.15) is 0 Å². The van der Waals surface area contributed by atoms with Crippen molar-refractivity contribution in [2.75, 3.05) is 6.54 Å². The van der Waals surface area contributed by atoms with Crippen LogP contribution < -0.4 is 5.73 Å². The third-order valence-corrected chi connectivity index (χ3v) is 1.02. The van der Waals surface area contributed by atoms with Crippen LogP contribution in [0.2, 0.25) is 0 Å². The van der Waals surface area contributed by atoms with Crippen molar-refractivity contribution in [2.45, 2.75) is 13.3 Å². The van der Waals surface area contributed by atoms with Crippen molar-refractivity contribution < 1.29 is 0 Å². The second-order valence-electron chi connectivity index (χ2n) is 1.98. The van der Waals surface area contributed by atoms with Gasteiger partial charge in [-0.3, -0.25) is 4.99 Å². The summed E-state index contributed by atoms with van der Waals surface area (Å²) >= 11 is 0. The van der Waals surface area contributed by atoms with Gasteiger partial charge in [0.05, 0.1) is 0 Å². The first-order valence-electron chi connectivity index (χ1n) is 3.32. The lowest BCUT2D eigenvalue weighted by atomic mass is 10.3. The standard InChI is InChI=1S/C8H14N2/c1-3-4-7-10-8(2)5-6-9/h3-4,7H,1,5-6,9H2,2H3/b7-4-,10-8?. The molecule has 0 unspecified atom stereocenters. The van der Waals surface area contributed by atoms with Crippen molar-refractivity contribution in [3.63, 3.8) is 0 Å². The maximum atomic E-state index is 5.31. The number of allylic oxidation sites excluding steroid dienone is 2. The van der Waals surface area contributed by atoms with Gasteiger partial charge in [-0.2, -0.15) is 0 Å². The number of hydrogen-bond donors (Lipinski definition) is 1. The van der Waals surface area contributed by atoms with E-state index < -0.39 is 0 Å². The summed E-state index contributed by atoms with van der Waals surface area (Å²) in [5.41, 5.74) is 6.36. The molecule has 0 aliphatic heterocycles. The molecule has 0 aromatic rings. The Kier molecular flexibility index (Phi) is 5.68. The Morgan fingerprint density at radius 2 is 2.40 bits per heavy atom. The lowest BCUT2D eigenvalue weighted by Crippen LogP contribution is -2.03. The third-order valence-electron chi connectivity index (χ3n) is 1.02. The van der Waals surface area contributed by atoms with Crippen LogP contribution in [0.15, 0.2) is 29.9 Å². The minimum Gasteiger partial charge on any atom is -0.330 e. The van der Waals surface area contributed by atoms with E-state index in [0.717, 1.165) is 12.1 Å². The Balaban J connectivity index is 3.67. The summed E-state index contributed by atoms with van der Waals surface area (Å²) in [6, 6.07) is 0. The van der Waals surface area contributed by atoms with E-state index in [0.29, 0.717) is 6.54 Å². The lowest BCUT2D eigenvalue weighted by molar-refractivity contribution is 1.04. The monoisotopic (exact) mass is 138 g/mol. The summed E-state index contributed by atoms with van der Waals surface area (Å²) in [5.74, 6) is 0. The quantitative estimate of drug-likeness (QED) is 0.464. The van der Waals surface area contributed by atoms with Gasteiger partial charge in [0, 0.05) is 11.9 Å². The van der Waals surface area contributed by atoms with Crippen LogP contribution in [0.5, 0.6) is 0 Å². The van der Waals surface area contributed by atoms with Crippen LogP contribution in [0, 0.1) is 0 Å². The minimum absolute atomic E-state index is 0.664. The topological polar surface area (TPSA) is 38.4 Å². The van der Waals surface area contributed by atoms with Gasteiger partial charge in [-0.25, -0.2) is 0 Å². The molecular formula is C8H14N2. The SMILES string of the molecule is C=C/C=C\N=C(C)CCN. The summed E-state index contributed by atoms with van der Waals surface area (Å²) in [7, 11) is 0. The predicted octanol–water partition coefficient (Wildman–Crippen LogP) is 1.50. The molecule has 0 fully saturated rings. The van der Waals surface area contributed by atoms with Crippen molar-refractivity contribution in [1.29, 1.82) is 0 Å². The Bertz CT molecular complexity index is 145. The highest BCUT2D eigenvalue weighted by Crippen LogP contribution is 1.85. The zero-order valence-corrected chi connectivity index (χ0v) is 6.38. The highest BCUT2D eigenvalue weighted by Gasteiger charge is 1.83. The average Bonchev–Trinajstić information content (AvgIpc) is 1.89. The Hall–Kier alpha value is -0.890. The molecule has 10 heavy (non-hydrogen) atoms. The van der Waals surface area contributed by atoms with E-state index in [2.05, 4.69) is 11.6 Å². The molecule has 0 radical (unpaired) electrons. The average molecular weight is 138 g/mol. The molecule has 0 bridgehead atoms. The molecule has 56 valence electrons. The largest absolute Gasteiger partial charge is 0.330 e. The zero-order valence-electron chi connectivity index (χ0n) is 6.38. The second kappa shape index (κ2) is 6.23. The number of nitrogens with zero attached hydrogens (tertiary/aromatic N) is 1. The molecule has 2 nitrogen and oxygen atoms in total. The summed E-state index contributed by atoms with van der Waals surface area (Å²) in [5, 5.41) is 0. The Labute approximate surface area is 62.1 Å². The van der Waals surface area contributed by atoms with Crippen LogP contribution in [-0.4, -0.2) is 12.3 Å². The van der Waals surface area contributed by atoms with E-state index >= 15 is 0 Å². The van der Waals surface area contributed by atoms with E-state index in [1.54, 1.807) is 18.4 Å². The molecule has 0 aromatic carbocycles. The van der Waals surface area contributed by atoms with Gasteiger partial charge < -0.3 is 5.73 Å². The molecule has 0 saturated carbocycles. The van der Waals surface area contributed by atoms with Crippen molar-refractivity contribution in [3.05, 3.63) is 24.9 Å². The first-order chi connectivity index (χ1) is 4.81. The summed E-state index contributed by atoms with van der Waals surface area (Å²) in [4.78, 5) is 4.09. The third kappa shape index (κ3) is 5.25. The van der Waals surface area contributed by atoms with Gasteiger partial charge in [0.15, 0.2) is 0 Å². The lowest BCUT2D eigenvalue weighted by Gasteiger charge is -1.91. The molecule has 0 rings (SSSR count). The van der Waals surface area contributed by atoms with Crippen LogP contribution in [-0.2, 0) is 0 Å². The maximum Gasteiger partial charge on any atom is 0.0266 e. The summed E-state index contributed by atoms with van der Waals surface area (Å²) in [6.45, 7) is 6.15. The smallest absolute Gasteiger partial charge is 0.0266 e. The van der Waals surface area contributed by atoms with Crippen LogP contribution in [0.25, 0.3) is 0 Å². The van der Waals surface area contributed by atoms with E-state index in [9.17, 15) is 0 Å². The fraction of sp³-hybridized carbons (Fsp3) is 0.375. The van der Waals surface area contributed by atoms with Crippen LogP contribution in [0.3, 0.4) is 0 Å². The van der Waals surface area contributed by atoms with E-state index in [1.807, 2.05) is 6.92 Å². The van der Waals surface area contributed by atoms with E-state index in [1.165, 1.54) is 0 Å². The molecular weight excluding hydrogens is 124 g/mol. The van der Waals surface area contributed by atoms with Gasteiger partial charge >= 0.3 is 0 Å². The highest BCUT2D eigenvalue weighted by atomic mass is 14.7. The first kappa shape index (κ1) is 9.11. The maximum absolute atomic E-state index is 5.31. The molecule has 0 aromatic heterocycles. The van der Waals surface area contributed by atoms with Gasteiger partial charge in [0.2, 0.25) is 0 Å². The molecule has 0 saturated heterocycles. The zero-order chi connectivity index (χ0) is 7.82. The molecule has 0 amide bonds. The molecule has 0 aliphatic carbocycles. The van der Waals surface area contributed by atoms with E-state index in [4.69, 9.17) is 5.73 Å². The van der Waals surface area contributed by atoms with Crippen molar-refractivity contribution in [3.8, 4) is 0 Å². The first-order valence-corrected chi connectivity index (χ1v) is 3.32. The molecule has 0 aliphatic rings. The summed E-state index contributed by atoms with van der Waals surface area (Å²) in [6.07, 6.45) is 6.07. The number of aliphatic imine (C=N–C) groups is 1. The van der Waals surface area contributed by atoms with Gasteiger partial charge in [-0.1, -0.05) is 12.7 Å². The second-order valence-corrected chi connectivity index (χ2v) is 1.98. The van der Waals surface area contributed by atoms with Crippen molar-refractivity contribution in [1.82, 2.24) is 0 Å². The molecule has 2 N–H and O–H groups in total. The van der Waals surface area contributed by atoms with Crippen LogP contribution in [0.1, 0.15) is 13.3 Å². The Morgan fingerprint density at radius 1 is 1.70 bits per heavy atom. The number of nitrogens with two attached hydrogens (primary N) is 1. The molecule has 0 spiro atoms. The van der Waals surface area contributed by atoms with Gasteiger partial charge in [-0.15, -0.1) is 0 Å². The van der Waals surface area contributed by atoms with E-state index in [-0.39, 0.29) is 0 Å². The normalized spacial score (nSPS) is 12.4. The summed E-state index contributed by atoms with van der Waals surface area (Å²) < 4.78 is 0. The van der Waals surface area contributed by atoms with Crippen LogP contribution in [0.4, 0.5) is 0 Å². The van der Waals surface area contributed by atoms with Gasteiger partial charge in [0.25, 0.3) is 0 Å². The van der Waals surface area contributed by atoms with Crippen molar-refractivity contribution >= 4 is 5.71 Å². The fourth-order valence-corrected chi connectivity index (χ4v) is 0.505. The van der Waals surface area contributed by atoms with Gasteiger partial charge in [-0.05, 0) is 26.0 Å². The van der Waals surface area contributed by atoms with Crippen molar-refractivity contribution in [2.24, 2.45) is 10.7 Å². The molecule has 2 heteroatoms. The fourth-order valence-electron chi connectivity index (χ4n) is 0.505. The predicted molar refractivity (Wildman–Crippen MR) is 46.1 cm³/mol. The highest BCUT2D eigenvalue weighted by molar-refractivity contribution is 5.82. The minimum atomic E-state index is 0.664.